The number of nitrogens with zero attached hydrogens (tertiary/aromatic N) is 3. The number of pyridine rings is 1. The number of hydrogen-bond acceptors (Lipinski definition) is 4. The molecule has 0 aliphatic carbocycles. The summed E-state index contributed by atoms with van der Waals surface area (Å²) in [6.07, 6.45) is 1.27. The van der Waals surface area contributed by atoms with E-state index in [4.69, 9.17) is 10.4 Å². The highest BCUT2D eigenvalue weighted by Crippen LogP contribution is 2.18. The number of aryl methyl sites for hydroxylation is 1. The van der Waals surface area contributed by atoms with Crippen molar-refractivity contribution in [3.8, 4) is 6.07 Å². The van der Waals surface area contributed by atoms with Crippen molar-refractivity contribution in [2.24, 2.45) is 5.92 Å². The number of carbonyl (C=O) groups is 2. The first-order valence-electron chi connectivity index (χ1n) is 6.42. The predicted octanol–water partition coefficient (Wildman–Crippen LogP) is 1.20. The lowest BCUT2D eigenvalue weighted by Gasteiger charge is -2.30. The largest absolute Gasteiger partial charge is 0.481 e. The molecule has 0 unspecified atom stereocenters. The molecule has 1 aliphatic heterocycles. The first-order chi connectivity index (χ1) is 9.52. The fraction of sp³-hybridized carbons (Fsp3) is 0.429. The summed E-state index contributed by atoms with van der Waals surface area (Å²) >= 11 is 0. The molecule has 0 bridgehead atoms. The minimum atomic E-state index is -0.869. The Labute approximate surface area is 116 Å². The van der Waals surface area contributed by atoms with E-state index < -0.39 is 11.9 Å². The van der Waals surface area contributed by atoms with Gasteiger partial charge in [-0.25, -0.2) is 4.98 Å². The molecule has 1 aromatic rings. The van der Waals surface area contributed by atoms with Crippen LogP contribution in [0.4, 0.5) is 0 Å². The quantitative estimate of drug-likeness (QED) is 0.873. The highest BCUT2D eigenvalue weighted by molar-refractivity contribution is 5.92. The molecular weight excluding hydrogens is 258 g/mol. The zero-order chi connectivity index (χ0) is 14.7. The van der Waals surface area contributed by atoms with Gasteiger partial charge in [-0.2, -0.15) is 5.26 Å². The third-order valence-electron chi connectivity index (χ3n) is 3.48. The van der Waals surface area contributed by atoms with E-state index >= 15 is 0 Å². The Morgan fingerprint density at radius 1 is 1.50 bits per heavy atom. The van der Waals surface area contributed by atoms with Crippen LogP contribution in [0.2, 0.25) is 0 Å². The second-order valence-corrected chi connectivity index (χ2v) is 4.87. The number of likely N-dealkylation sites (tertiary alicyclic amines) is 1. The van der Waals surface area contributed by atoms with Crippen LogP contribution in [0.15, 0.2) is 12.1 Å². The minimum Gasteiger partial charge on any atom is -0.481 e. The number of rotatable bonds is 2. The van der Waals surface area contributed by atoms with Gasteiger partial charge in [0.05, 0.1) is 17.2 Å². The van der Waals surface area contributed by atoms with Crippen molar-refractivity contribution in [3.63, 3.8) is 0 Å². The molecule has 20 heavy (non-hydrogen) atoms. The standard InChI is InChI=1S/C14H15N3O3/c1-9-10(7-15)4-5-12(16-9)13(18)17-6-2-3-11(8-17)14(19)20/h4-5,11H,2-3,6,8H2,1H3,(H,19,20)/t11-/m1/s1. The van der Waals surface area contributed by atoms with Gasteiger partial charge in [-0.15, -0.1) is 0 Å². The number of piperidine rings is 1. The monoisotopic (exact) mass is 273 g/mol. The summed E-state index contributed by atoms with van der Waals surface area (Å²) in [5.74, 6) is -1.65. The minimum absolute atomic E-state index is 0.217. The van der Waals surface area contributed by atoms with Gasteiger partial charge in [-0.1, -0.05) is 0 Å². The van der Waals surface area contributed by atoms with Crippen molar-refractivity contribution in [3.05, 3.63) is 29.1 Å². The number of nitriles is 1. The third kappa shape index (κ3) is 2.77. The normalized spacial score (nSPS) is 18.4. The van der Waals surface area contributed by atoms with Gasteiger partial charge in [0.15, 0.2) is 0 Å². The molecule has 0 aromatic carbocycles. The molecule has 6 nitrogen and oxygen atoms in total. The summed E-state index contributed by atoms with van der Waals surface area (Å²) in [4.78, 5) is 29.0. The maximum Gasteiger partial charge on any atom is 0.308 e. The number of hydrogen-bond donors (Lipinski definition) is 1. The number of carboxylic acid groups (broad SMARTS) is 1. The van der Waals surface area contributed by atoms with Crippen LogP contribution in [-0.4, -0.2) is 40.0 Å². The maximum atomic E-state index is 12.3. The van der Waals surface area contributed by atoms with E-state index in [0.29, 0.717) is 30.6 Å². The zero-order valence-electron chi connectivity index (χ0n) is 11.2. The summed E-state index contributed by atoms with van der Waals surface area (Å²) in [6, 6.07) is 5.07. The fourth-order valence-corrected chi connectivity index (χ4v) is 2.32. The Bertz CT molecular complexity index is 592. The van der Waals surface area contributed by atoms with Crippen molar-refractivity contribution in [2.75, 3.05) is 13.1 Å². The first kappa shape index (κ1) is 14.0. The average molecular weight is 273 g/mol. The van der Waals surface area contributed by atoms with E-state index in [1.54, 1.807) is 13.0 Å². The molecule has 1 amide bonds. The Morgan fingerprint density at radius 2 is 2.25 bits per heavy atom. The lowest BCUT2D eigenvalue weighted by Crippen LogP contribution is -2.42. The highest BCUT2D eigenvalue weighted by Gasteiger charge is 2.29. The molecule has 1 N–H and O–H groups in total. The highest BCUT2D eigenvalue weighted by atomic mass is 16.4. The van der Waals surface area contributed by atoms with E-state index in [1.807, 2.05) is 6.07 Å². The molecule has 0 saturated carbocycles. The van der Waals surface area contributed by atoms with Gasteiger partial charge < -0.3 is 10.0 Å². The van der Waals surface area contributed by atoms with Crippen LogP contribution < -0.4 is 0 Å². The Morgan fingerprint density at radius 3 is 2.85 bits per heavy atom. The van der Waals surface area contributed by atoms with Gasteiger partial charge in [0.25, 0.3) is 5.91 Å². The Hall–Kier alpha value is -2.42. The van der Waals surface area contributed by atoms with Gasteiger partial charge in [-0.05, 0) is 31.9 Å². The van der Waals surface area contributed by atoms with Crippen LogP contribution in [0.3, 0.4) is 0 Å². The van der Waals surface area contributed by atoms with Crippen molar-refractivity contribution < 1.29 is 14.7 Å². The second-order valence-electron chi connectivity index (χ2n) is 4.87. The summed E-state index contributed by atoms with van der Waals surface area (Å²) in [7, 11) is 0. The molecule has 2 rings (SSSR count). The molecule has 1 atom stereocenters. The predicted molar refractivity (Wildman–Crippen MR) is 70.0 cm³/mol. The summed E-state index contributed by atoms with van der Waals surface area (Å²) in [5.41, 5.74) is 1.20. The van der Waals surface area contributed by atoms with Crippen LogP contribution >= 0.6 is 0 Å². The van der Waals surface area contributed by atoms with Gasteiger partial charge >= 0.3 is 5.97 Å². The lowest BCUT2D eigenvalue weighted by molar-refractivity contribution is -0.143. The number of amides is 1. The summed E-state index contributed by atoms with van der Waals surface area (Å²) in [5, 5.41) is 17.9. The van der Waals surface area contributed by atoms with Crippen LogP contribution in [0.1, 0.15) is 34.6 Å². The van der Waals surface area contributed by atoms with Gasteiger partial charge in [0, 0.05) is 13.1 Å². The van der Waals surface area contributed by atoms with Gasteiger partial charge in [0.1, 0.15) is 11.8 Å². The summed E-state index contributed by atoms with van der Waals surface area (Å²) in [6.45, 7) is 2.43. The maximum absolute atomic E-state index is 12.3. The molecule has 1 aromatic heterocycles. The Kier molecular flexibility index (Phi) is 3.99. The molecular formula is C14H15N3O3. The first-order valence-corrected chi connectivity index (χ1v) is 6.42. The number of carboxylic acids is 1. The number of carbonyl (C=O) groups excluding carboxylic acids is 1. The van der Waals surface area contributed by atoms with Crippen LogP contribution in [0.5, 0.6) is 0 Å². The number of aliphatic carboxylic acids is 1. The van der Waals surface area contributed by atoms with Crippen molar-refractivity contribution >= 4 is 11.9 Å². The molecule has 0 radical (unpaired) electrons. The van der Waals surface area contributed by atoms with E-state index in [-0.39, 0.29) is 18.1 Å². The third-order valence-corrected chi connectivity index (χ3v) is 3.48. The molecule has 1 saturated heterocycles. The molecule has 0 spiro atoms. The molecule has 6 heteroatoms. The van der Waals surface area contributed by atoms with E-state index in [2.05, 4.69) is 4.98 Å². The number of aromatic nitrogens is 1. The SMILES string of the molecule is Cc1nc(C(=O)N2CCC[C@@H](C(=O)O)C2)ccc1C#N. The molecule has 1 aliphatic rings. The summed E-state index contributed by atoms with van der Waals surface area (Å²) < 4.78 is 0. The van der Waals surface area contributed by atoms with E-state index in [9.17, 15) is 9.59 Å². The molecule has 2 heterocycles. The topological polar surface area (TPSA) is 94.3 Å². The Balaban J connectivity index is 2.17. The van der Waals surface area contributed by atoms with Crippen LogP contribution in [-0.2, 0) is 4.79 Å². The average Bonchev–Trinajstić information content (AvgIpc) is 2.46. The van der Waals surface area contributed by atoms with Crippen LogP contribution in [0.25, 0.3) is 0 Å². The van der Waals surface area contributed by atoms with Crippen molar-refractivity contribution in [2.45, 2.75) is 19.8 Å². The smallest absolute Gasteiger partial charge is 0.308 e. The zero-order valence-corrected chi connectivity index (χ0v) is 11.2. The van der Waals surface area contributed by atoms with Gasteiger partial charge in [0.2, 0.25) is 0 Å². The van der Waals surface area contributed by atoms with Crippen molar-refractivity contribution in [1.29, 1.82) is 5.26 Å². The van der Waals surface area contributed by atoms with E-state index in [1.165, 1.54) is 11.0 Å². The molecule has 104 valence electrons. The van der Waals surface area contributed by atoms with Gasteiger partial charge in [-0.3, -0.25) is 9.59 Å². The second kappa shape index (κ2) is 5.70. The van der Waals surface area contributed by atoms with E-state index in [0.717, 1.165) is 0 Å². The van der Waals surface area contributed by atoms with Crippen molar-refractivity contribution in [1.82, 2.24) is 9.88 Å². The molecule has 1 fully saturated rings. The fourth-order valence-electron chi connectivity index (χ4n) is 2.32. The lowest BCUT2D eigenvalue weighted by atomic mass is 9.98. The van der Waals surface area contributed by atoms with Crippen LogP contribution in [0, 0.1) is 24.2 Å².